The van der Waals surface area contributed by atoms with Gasteiger partial charge in [0, 0.05) is 6.61 Å². The first kappa shape index (κ1) is 11.6. The third kappa shape index (κ3) is 2.43. The summed E-state index contributed by atoms with van der Waals surface area (Å²) in [7, 11) is 0. The SMILES string of the molecule is C[C@H]1OCC[C@@H]1Nc1nnc(C(F)(F)F)s1. The van der Waals surface area contributed by atoms with Gasteiger partial charge in [-0.3, -0.25) is 0 Å². The molecule has 1 aromatic rings. The first-order valence-electron chi connectivity index (χ1n) is 4.75. The molecule has 1 aliphatic rings. The molecule has 1 aliphatic heterocycles. The van der Waals surface area contributed by atoms with Gasteiger partial charge >= 0.3 is 6.18 Å². The molecule has 1 fully saturated rings. The quantitative estimate of drug-likeness (QED) is 0.877. The second kappa shape index (κ2) is 4.17. The lowest BCUT2D eigenvalue weighted by Crippen LogP contribution is -2.26. The van der Waals surface area contributed by atoms with Crippen LogP contribution in [0.25, 0.3) is 0 Å². The second-order valence-electron chi connectivity index (χ2n) is 3.53. The number of alkyl halides is 3. The average Bonchev–Trinajstić information content (AvgIpc) is 2.76. The summed E-state index contributed by atoms with van der Waals surface area (Å²) in [6, 6.07) is 0.00836. The molecule has 1 N–H and O–H groups in total. The maximum absolute atomic E-state index is 12.2. The molecular formula is C8H10F3N3OS. The fourth-order valence-corrected chi connectivity index (χ4v) is 2.15. The summed E-state index contributed by atoms with van der Waals surface area (Å²) in [6.45, 7) is 2.49. The molecule has 0 saturated carbocycles. The summed E-state index contributed by atoms with van der Waals surface area (Å²) >= 11 is 0.515. The van der Waals surface area contributed by atoms with E-state index in [-0.39, 0.29) is 17.3 Å². The fraction of sp³-hybridized carbons (Fsp3) is 0.750. The van der Waals surface area contributed by atoms with Crippen molar-refractivity contribution in [1.82, 2.24) is 10.2 Å². The Morgan fingerprint density at radius 3 is 2.69 bits per heavy atom. The minimum atomic E-state index is -4.42. The maximum Gasteiger partial charge on any atom is 0.445 e. The molecule has 16 heavy (non-hydrogen) atoms. The van der Waals surface area contributed by atoms with Crippen LogP contribution in [0.1, 0.15) is 18.4 Å². The topological polar surface area (TPSA) is 47.0 Å². The zero-order valence-corrected chi connectivity index (χ0v) is 9.23. The van der Waals surface area contributed by atoms with E-state index in [0.29, 0.717) is 17.9 Å². The van der Waals surface area contributed by atoms with E-state index in [0.717, 1.165) is 6.42 Å². The number of halogens is 3. The van der Waals surface area contributed by atoms with Gasteiger partial charge in [0.1, 0.15) is 0 Å². The Hall–Kier alpha value is -0.890. The molecule has 2 heterocycles. The Balaban J connectivity index is 2.03. The molecule has 0 aliphatic carbocycles. The predicted molar refractivity (Wildman–Crippen MR) is 52.4 cm³/mol. The number of hydrogen-bond acceptors (Lipinski definition) is 5. The fourth-order valence-electron chi connectivity index (χ4n) is 1.48. The minimum absolute atomic E-state index is 0.00836. The lowest BCUT2D eigenvalue weighted by Gasteiger charge is -2.14. The number of anilines is 1. The molecule has 0 amide bonds. The first-order chi connectivity index (χ1) is 7.47. The van der Waals surface area contributed by atoms with Gasteiger partial charge in [-0.05, 0) is 13.3 Å². The molecule has 0 unspecified atom stereocenters. The lowest BCUT2D eigenvalue weighted by molar-refractivity contribution is -0.138. The van der Waals surface area contributed by atoms with Gasteiger partial charge in [0.15, 0.2) is 0 Å². The molecule has 90 valence electrons. The van der Waals surface area contributed by atoms with E-state index >= 15 is 0 Å². The van der Waals surface area contributed by atoms with Crippen LogP contribution in [0, 0.1) is 0 Å². The van der Waals surface area contributed by atoms with E-state index in [9.17, 15) is 13.2 Å². The molecular weight excluding hydrogens is 243 g/mol. The monoisotopic (exact) mass is 253 g/mol. The second-order valence-corrected chi connectivity index (χ2v) is 4.50. The van der Waals surface area contributed by atoms with E-state index in [1.165, 1.54) is 0 Å². The predicted octanol–water partition coefficient (Wildman–Crippen LogP) is 2.15. The summed E-state index contributed by atoms with van der Waals surface area (Å²) < 4.78 is 42.0. The number of ether oxygens (including phenoxy) is 1. The third-order valence-corrected chi connectivity index (χ3v) is 3.25. The smallest absolute Gasteiger partial charge is 0.376 e. The van der Waals surface area contributed by atoms with Crippen molar-refractivity contribution in [1.29, 1.82) is 0 Å². The Morgan fingerprint density at radius 2 is 2.19 bits per heavy atom. The van der Waals surface area contributed by atoms with Crippen molar-refractivity contribution < 1.29 is 17.9 Å². The zero-order valence-electron chi connectivity index (χ0n) is 8.41. The number of nitrogens with one attached hydrogen (secondary N) is 1. The molecule has 0 spiro atoms. The molecule has 8 heteroatoms. The number of nitrogens with zero attached hydrogens (tertiary/aromatic N) is 2. The van der Waals surface area contributed by atoms with Gasteiger partial charge in [-0.1, -0.05) is 11.3 Å². The molecule has 0 aromatic carbocycles. The molecule has 2 rings (SSSR count). The maximum atomic E-state index is 12.2. The van der Waals surface area contributed by atoms with Gasteiger partial charge in [-0.15, -0.1) is 10.2 Å². The Bertz CT molecular complexity index is 368. The first-order valence-corrected chi connectivity index (χ1v) is 5.57. The minimum Gasteiger partial charge on any atom is -0.376 e. The van der Waals surface area contributed by atoms with E-state index in [1.807, 2.05) is 6.92 Å². The van der Waals surface area contributed by atoms with Crippen LogP contribution in [0.3, 0.4) is 0 Å². The molecule has 0 radical (unpaired) electrons. The Kier molecular flexibility index (Phi) is 3.02. The summed E-state index contributed by atoms with van der Waals surface area (Å²) in [5.41, 5.74) is 0. The van der Waals surface area contributed by atoms with Crippen molar-refractivity contribution >= 4 is 16.5 Å². The van der Waals surface area contributed by atoms with Gasteiger partial charge in [0.2, 0.25) is 10.1 Å². The van der Waals surface area contributed by atoms with E-state index in [1.54, 1.807) is 0 Å². The molecule has 4 nitrogen and oxygen atoms in total. The largest absolute Gasteiger partial charge is 0.445 e. The van der Waals surface area contributed by atoms with Crippen molar-refractivity contribution in [2.24, 2.45) is 0 Å². The summed E-state index contributed by atoms with van der Waals surface area (Å²) in [6.07, 6.45) is -3.67. The van der Waals surface area contributed by atoms with E-state index in [2.05, 4.69) is 15.5 Å². The van der Waals surface area contributed by atoms with Crippen LogP contribution in [-0.2, 0) is 10.9 Å². The van der Waals surface area contributed by atoms with Gasteiger partial charge < -0.3 is 10.1 Å². The van der Waals surface area contributed by atoms with Crippen LogP contribution in [0.4, 0.5) is 18.3 Å². The molecule has 1 aromatic heterocycles. The van der Waals surface area contributed by atoms with Crippen LogP contribution in [0.5, 0.6) is 0 Å². The number of aromatic nitrogens is 2. The normalized spacial score (nSPS) is 26.0. The van der Waals surface area contributed by atoms with Gasteiger partial charge in [0.25, 0.3) is 0 Å². The van der Waals surface area contributed by atoms with Crippen LogP contribution in [-0.4, -0.2) is 29.0 Å². The lowest BCUT2D eigenvalue weighted by atomic mass is 10.2. The van der Waals surface area contributed by atoms with E-state index < -0.39 is 11.2 Å². The number of rotatable bonds is 2. The molecule has 0 bridgehead atoms. The van der Waals surface area contributed by atoms with Crippen molar-refractivity contribution in [3.8, 4) is 0 Å². The van der Waals surface area contributed by atoms with E-state index in [4.69, 9.17) is 4.74 Å². The highest BCUT2D eigenvalue weighted by Gasteiger charge is 2.36. The average molecular weight is 253 g/mol. The van der Waals surface area contributed by atoms with Crippen LogP contribution in [0.15, 0.2) is 0 Å². The molecule has 1 saturated heterocycles. The van der Waals surface area contributed by atoms with Gasteiger partial charge in [0.05, 0.1) is 12.1 Å². The van der Waals surface area contributed by atoms with Crippen molar-refractivity contribution in [3.63, 3.8) is 0 Å². The van der Waals surface area contributed by atoms with Gasteiger partial charge in [-0.25, -0.2) is 0 Å². The molecule has 2 atom stereocenters. The highest BCUT2D eigenvalue weighted by molar-refractivity contribution is 7.15. The summed E-state index contributed by atoms with van der Waals surface area (Å²) in [5.74, 6) is 0. The van der Waals surface area contributed by atoms with Crippen molar-refractivity contribution in [2.45, 2.75) is 31.7 Å². The summed E-state index contributed by atoms with van der Waals surface area (Å²) in [5, 5.41) is 8.72. The third-order valence-electron chi connectivity index (χ3n) is 2.35. The van der Waals surface area contributed by atoms with Crippen molar-refractivity contribution in [2.75, 3.05) is 11.9 Å². The Morgan fingerprint density at radius 1 is 1.44 bits per heavy atom. The van der Waals surface area contributed by atoms with Crippen LogP contribution >= 0.6 is 11.3 Å². The summed E-state index contributed by atoms with van der Waals surface area (Å²) in [4.78, 5) is 0. The highest BCUT2D eigenvalue weighted by atomic mass is 32.1. The van der Waals surface area contributed by atoms with Crippen LogP contribution < -0.4 is 5.32 Å². The van der Waals surface area contributed by atoms with Crippen LogP contribution in [0.2, 0.25) is 0 Å². The standard InChI is InChI=1S/C8H10F3N3OS/c1-4-5(2-3-15-4)12-7-14-13-6(16-7)8(9,10)11/h4-5H,2-3H2,1H3,(H,12,14)/t4-,5+/m1/s1. The number of hydrogen-bond donors (Lipinski definition) is 1. The van der Waals surface area contributed by atoms with Gasteiger partial charge in [-0.2, -0.15) is 13.2 Å². The highest BCUT2D eigenvalue weighted by Crippen LogP contribution is 2.33. The van der Waals surface area contributed by atoms with Crippen molar-refractivity contribution in [3.05, 3.63) is 5.01 Å². The Labute approximate surface area is 93.8 Å². The zero-order chi connectivity index (χ0) is 11.8.